The lowest BCUT2D eigenvalue weighted by Gasteiger charge is -2.30. The Labute approximate surface area is 228 Å². The Hall–Kier alpha value is -3.07. The molecule has 38 heavy (non-hydrogen) atoms. The molecule has 0 radical (unpaired) electrons. The fraction of sp³-hybridized carbons (Fsp3) is 0.345. The van der Waals surface area contributed by atoms with E-state index in [2.05, 4.69) is 4.72 Å². The molecule has 1 heterocycles. The lowest BCUT2D eigenvalue weighted by atomic mass is 9.86. The van der Waals surface area contributed by atoms with Crippen LogP contribution in [0.3, 0.4) is 0 Å². The van der Waals surface area contributed by atoms with Crippen molar-refractivity contribution in [2.24, 2.45) is 0 Å². The summed E-state index contributed by atoms with van der Waals surface area (Å²) in [6, 6.07) is 13.4. The molecule has 202 valence electrons. The number of ether oxygens (including phenoxy) is 2. The molecule has 0 fully saturated rings. The number of hydrogen-bond acceptors (Lipinski definition) is 5. The van der Waals surface area contributed by atoms with Gasteiger partial charge in [-0.1, -0.05) is 17.7 Å². The molecule has 0 aromatic heterocycles. The molecular formula is C29H32ClNO6S. The molecule has 1 atom stereocenters. The molecule has 0 amide bonds. The Balaban J connectivity index is 1.92. The lowest BCUT2D eigenvalue weighted by Crippen LogP contribution is -2.28. The van der Waals surface area contributed by atoms with Crippen molar-refractivity contribution < 1.29 is 27.8 Å². The number of halogens is 1. The number of benzene rings is 3. The van der Waals surface area contributed by atoms with E-state index in [-0.39, 0.29) is 10.6 Å². The van der Waals surface area contributed by atoms with E-state index in [4.69, 9.17) is 21.1 Å². The van der Waals surface area contributed by atoms with Gasteiger partial charge in [0.2, 0.25) is 0 Å². The first-order valence-corrected chi connectivity index (χ1v) is 14.2. The normalized spacial score (nSPS) is 14.4. The van der Waals surface area contributed by atoms with Crippen LogP contribution in [0.5, 0.6) is 5.75 Å². The van der Waals surface area contributed by atoms with E-state index in [0.717, 1.165) is 29.7 Å². The third kappa shape index (κ3) is 5.98. The Bertz CT molecular complexity index is 1480. The highest BCUT2D eigenvalue weighted by Gasteiger charge is 2.33. The summed E-state index contributed by atoms with van der Waals surface area (Å²) < 4.78 is 40.9. The number of carboxylic acid groups (broad SMARTS) is 1. The summed E-state index contributed by atoms with van der Waals surface area (Å²) >= 11 is 5.93. The Morgan fingerprint density at radius 1 is 1.11 bits per heavy atom. The predicted molar refractivity (Wildman–Crippen MR) is 149 cm³/mol. The minimum atomic E-state index is -3.97. The molecule has 3 aromatic carbocycles. The number of aryl methyl sites for hydroxylation is 2. The molecule has 9 heteroatoms. The SMILES string of the molecule is Cc1cc(NS(=O)(=O)c2ccc(Cl)cc2)c(C)c(C(OC(C)(C)C)C(=O)O)c1-c1ccc2c(c1)CCCO2. The van der Waals surface area contributed by atoms with Gasteiger partial charge in [-0.05, 0) is 118 Å². The first kappa shape index (κ1) is 28.0. The Kier molecular flexibility index (Phi) is 7.79. The van der Waals surface area contributed by atoms with Crippen LogP contribution >= 0.6 is 11.6 Å². The third-order valence-corrected chi connectivity index (χ3v) is 7.99. The van der Waals surface area contributed by atoms with Crippen molar-refractivity contribution in [2.75, 3.05) is 11.3 Å². The summed E-state index contributed by atoms with van der Waals surface area (Å²) in [6.07, 6.45) is 0.421. The summed E-state index contributed by atoms with van der Waals surface area (Å²) in [5.41, 5.74) is 3.65. The van der Waals surface area contributed by atoms with E-state index in [1.54, 1.807) is 33.8 Å². The molecule has 4 rings (SSSR count). The maximum Gasteiger partial charge on any atom is 0.337 e. The van der Waals surface area contributed by atoms with Gasteiger partial charge in [0.25, 0.3) is 10.0 Å². The standard InChI is InChI=1S/C29H32ClNO6S/c1-17-15-23(31-38(34,35)22-11-9-21(30)10-12-22)18(2)26(27(28(32)33)37-29(3,4)5)25(17)20-8-13-24-19(16-20)7-6-14-36-24/h8-13,15-16,27,31H,6-7,14H2,1-5H3,(H,32,33). The summed E-state index contributed by atoms with van der Waals surface area (Å²) in [6.45, 7) is 9.57. The monoisotopic (exact) mass is 557 g/mol. The number of aliphatic carboxylic acids is 1. The van der Waals surface area contributed by atoms with Gasteiger partial charge in [0, 0.05) is 10.6 Å². The number of rotatable bonds is 7. The van der Waals surface area contributed by atoms with Crippen LogP contribution in [0.15, 0.2) is 53.4 Å². The van der Waals surface area contributed by atoms with E-state index >= 15 is 0 Å². The van der Waals surface area contributed by atoms with Gasteiger partial charge >= 0.3 is 5.97 Å². The van der Waals surface area contributed by atoms with Gasteiger partial charge < -0.3 is 14.6 Å². The quantitative estimate of drug-likeness (QED) is 0.335. The third-order valence-electron chi connectivity index (χ3n) is 6.36. The number of carbonyl (C=O) groups is 1. The van der Waals surface area contributed by atoms with Crippen molar-refractivity contribution in [1.82, 2.24) is 0 Å². The van der Waals surface area contributed by atoms with Crippen molar-refractivity contribution in [3.63, 3.8) is 0 Å². The van der Waals surface area contributed by atoms with Crippen molar-refractivity contribution in [2.45, 2.75) is 64.1 Å². The van der Waals surface area contributed by atoms with Gasteiger partial charge in [-0.3, -0.25) is 4.72 Å². The Morgan fingerprint density at radius 3 is 2.42 bits per heavy atom. The number of anilines is 1. The number of sulfonamides is 1. The van der Waals surface area contributed by atoms with Crippen LogP contribution in [-0.4, -0.2) is 31.7 Å². The molecule has 0 spiro atoms. The maximum absolute atomic E-state index is 13.2. The topological polar surface area (TPSA) is 102 Å². The zero-order valence-electron chi connectivity index (χ0n) is 22.1. The van der Waals surface area contributed by atoms with Crippen LogP contribution in [0.2, 0.25) is 5.02 Å². The molecule has 0 saturated carbocycles. The van der Waals surface area contributed by atoms with Gasteiger partial charge in [-0.15, -0.1) is 0 Å². The van der Waals surface area contributed by atoms with E-state index in [1.165, 1.54) is 24.3 Å². The summed E-state index contributed by atoms with van der Waals surface area (Å²) in [5, 5.41) is 10.7. The largest absolute Gasteiger partial charge is 0.493 e. The van der Waals surface area contributed by atoms with E-state index in [9.17, 15) is 18.3 Å². The number of fused-ring (bicyclic) bond motifs is 1. The van der Waals surface area contributed by atoms with Crippen molar-refractivity contribution in [3.05, 3.63) is 75.8 Å². The maximum atomic E-state index is 13.2. The smallest absolute Gasteiger partial charge is 0.337 e. The molecule has 3 aromatic rings. The molecule has 1 aliphatic heterocycles. The molecule has 0 aliphatic carbocycles. The highest BCUT2D eigenvalue weighted by atomic mass is 35.5. The molecule has 0 saturated heterocycles. The molecule has 0 bridgehead atoms. The minimum Gasteiger partial charge on any atom is -0.493 e. The van der Waals surface area contributed by atoms with Gasteiger partial charge in [0.05, 0.1) is 22.8 Å². The summed E-state index contributed by atoms with van der Waals surface area (Å²) in [5.74, 6) is -0.341. The summed E-state index contributed by atoms with van der Waals surface area (Å²) in [7, 11) is -3.97. The minimum absolute atomic E-state index is 0.0417. The molecule has 2 N–H and O–H groups in total. The second-order valence-electron chi connectivity index (χ2n) is 10.4. The average Bonchev–Trinajstić information content (AvgIpc) is 2.83. The predicted octanol–water partition coefficient (Wildman–Crippen LogP) is 6.69. The van der Waals surface area contributed by atoms with E-state index in [1.807, 2.05) is 25.1 Å². The van der Waals surface area contributed by atoms with Gasteiger partial charge in [-0.2, -0.15) is 0 Å². The summed E-state index contributed by atoms with van der Waals surface area (Å²) in [4.78, 5) is 12.7. The van der Waals surface area contributed by atoms with Crippen molar-refractivity contribution in [1.29, 1.82) is 0 Å². The molecular weight excluding hydrogens is 526 g/mol. The van der Waals surface area contributed by atoms with Crippen LogP contribution in [0.25, 0.3) is 11.1 Å². The van der Waals surface area contributed by atoms with Crippen molar-refractivity contribution in [3.8, 4) is 16.9 Å². The van der Waals surface area contributed by atoms with Gasteiger partial charge in [0.15, 0.2) is 6.10 Å². The zero-order valence-corrected chi connectivity index (χ0v) is 23.7. The first-order chi connectivity index (χ1) is 17.8. The van der Waals surface area contributed by atoms with Crippen LogP contribution in [-0.2, 0) is 26.0 Å². The van der Waals surface area contributed by atoms with Gasteiger partial charge in [0.1, 0.15) is 5.75 Å². The van der Waals surface area contributed by atoms with Crippen LogP contribution in [0.4, 0.5) is 5.69 Å². The highest BCUT2D eigenvalue weighted by Crippen LogP contribution is 2.42. The average molecular weight is 558 g/mol. The second-order valence-corrected chi connectivity index (χ2v) is 12.6. The zero-order chi connectivity index (χ0) is 27.8. The van der Waals surface area contributed by atoms with E-state index < -0.39 is 27.7 Å². The van der Waals surface area contributed by atoms with E-state index in [0.29, 0.717) is 33.9 Å². The number of hydrogen-bond donors (Lipinski definition) is 2. The Morgan fingerprint density at radius 2 is 1.79 bits per heavy atom. The fourth-order valence-electron chi connectivity index (χ4n) is 4.68. The molecule has 1 unspecified atom stereocenters. The van der Waals surface area contributed by atoms with Crippen molar-refractivity contribution >= 4 is 33.3 Å². The molecule has 7 nitrogen and oxygen atoms in total. The fourth-order valence-corrected chi connectivity index (χ4v) is 5.92. The second kappa shape index (κ2) is 10.6. The number of nitrogens with one attached hydrogen (secondary N) is 1. The molecule has 1 aliphatic rings. The van der Waals surface area contributed by atoms with Crippen LogP contribution in [0.1, 0.15) is 55.5 Å². The van der Waals surface area contributed by atoms with Gasteiger partial charge in [-0.25, -0.2) is 13.2 Å². The van der Waals surface area contributed by atoms with Crippen LogP contribution in [0, 0.1) is 13.8 Å². The van der Waals surface area contributed by atoms with Crippen LogP contribution < -0.4 is 9.46 Å². The number of carboxylic acids is 1. The lowest BCUT2D eigenvalue weighted by molar-refractivity contribution is -0.160. The highest BCUT2D eigenvalue weighted by molar-refractivity contribution is 7.92. The first-order valence-electron chi connectivity index (χ1n) is 12.4.